The predicted molar refractivity (Wildman–Crippen MR) is 74.6 cm³/mol. The summed E-state index contributed by atoms with van der Waals surface area (Å²) in [5.74, 6) is 0.199. The van der Waals surface area contributed by atoms with E-state index >= 15 is 0 Å². The molecule has 1 aromatic rings. The number of rotatable bonds is 8. The van der Waals surface area contributed by atoms with E-state index in [0.29, 0.717) is 32.5 Å². The van der Waals surface area contributed by atoms with Crippen molar-refractivity contribution in [2.45, 2.75) is 26.3 Å². The van der Waals surface area contributed by atoms with Crippen molar-refractivity contribution in [3.8, 4) is 0 Å². The minimum absolute atomic E-state index is 0.199. The number of nitrogens with two attached hydrogens (primary N) is 1. The zero-order valence-corrected chi connectivity index (χ0v) is 11.7. The van der Waals surface area contributed by atoms with Crippen molar-refractivity contribution in [3.63, 3.8) is 0 Å². The molecule has 0 aliphatic carbocycles. The minimum Gasteiger partial charge on any atom is -0.330 e. The van der Waals surface area contributed by atoms with Crippen LogP contribution in [0.15, 0.2) is 30.3 Å². The molecule has 0 aromatic heterocycles. The maximum atomic E-state index is 12.1. The summed E-state index contributed by atoms with van der Waals surface area (Å²) in [5.41, 5.74) is 6.47. The molecule has 0 aliphatic heterocycles. The standard InChI is InChI=1S/C13H22N2O2S/c1-2-11-18(16,17)15(10-6-9-14)12-13-7-4-3-5-8-13/h3-5,7-8H,2,6,9-12,14H2,1H3. The fourth-order valence-electron chi connectivity index (χ4n) is 1.76. The average Bonchev–Trinajstić information content (AvgIpc) is 2.35. The second-order valence-corrected chi connectivity index (χ2v) is 6.37. The molecule has 102 valence electrons. The van der Waals surface area contributed by atoms with Crippen LogP contribution in [0.2, 0.25) is 0 Å². The Labute approximate surface area is 110 Å². The number of benzene rings is 1. The average molecular weight is 270 g/mol. The highest BCUT2D eigenvalue weighted by Crippen LogP contribution is 2.11. The van der Waals surface area contributed by atoms with E-state index in [1.54, 1.807) is 4.31 Å². The van der Waals surface area contributed by atoms with E-state index in [4.69, 9.17) is 5.73 Å². The van der Waals surface area contributed by atoms with E-state index in [2.05, 4.69) is 0 Å². The van der Waals surface area contributed by atoms with Crippen LogP contribution in [0, 0.1) is 0 Å². The molecule has 2 N–H and O–H groups in total. The van der Waals surface area contributed by atoms with Gasteiger partial charge in [0.1, 0.15) is 0 Å². The molecule has 0 bridgehead atoms. The van der Waals surface area contributed by atoms with Crippen LogP contribution in [-0.4, -0.2) is 31.6 Å². The zero-order chi connectivity index (χ0) is 13.4. The smallest absolute Gasteiger partial charge is 0.214 e. The van der Waals surface area contributed by atoms with Gasteiger partial charge in [-0.3, -0.25) is 0 Å². The van der Waals surface area contributed by atoms with Crippen LogP contribution in [0.3, 0.4) is 0 Å². The monoisotopic (exact) mass is 270 g/mol. The van der Waals surface area contributed by atoms with Gasteiger partial charge in [0.25, 0.3) is 0 Å². The van der Waals surface area contributed by atoms with Crippen LogP contribution in [0.4, 0.5) is 0 Å². The first-order chi connectivity index (χ1) is 8.60. The van der Waals surface area contributed by atoms with Crippen LogP contribution >= 0.6 is 0 Å². The van der Waals surface area contributed by atoms with Gasteiger partial charge in [0.2, 0.25) is 10.0 Å². The van der Waals surface area contributed by atoms with Crippen LogP contribution in [0.1, 0.15) is 25.3 Å². The lowest BCUT2D eigenvalue weighted by molar-refractivity contribution is 0.401. The summed E-state index contributed by atoms with van der Waals surface area (Å²) in [5, 5.41) is 0. The molecule has 0 unspecified atom stereocenters. The molecular weight excluding hydrogens is 248 g/mol. The molecule has 0 atom stereocenters. The lowest BCUT2D eigenvalue weighted by Gasteiger charge is -2.21. The van der Waals surface area contributed by atoms with E-state index in [1.165, 1.54) is 0 Å². The number of hydrogen-bond acceptors (Lipinski definition) is 3. The van der Waals surface area contributed by atoms with Crippen molar-refractivity contribution in [2.75, 3.05) is 18.8 Å². The maximum Gasteiger partial charge on any atom is 0.214 e. The highest BCUT2D eigenvalue weighted by atomic mass is 32.2. The summed E-state index contributed by atoms with van der Waals surface area (Å²) in [7, 11) is -3.17. The van der Waals surface area contributed by atoms with Gasteiger partial charge in [-0.05, 0) is 24.9 Å². The Kier molecular flexibility index (Phi) is 6.32. The first-order valence-corrected chi connectivity index (χ1v) is 7.93. The van der Waals surface area contributed by atoms with Gasteiger partial charge in [-0.1, -0.05) is 37.3 Å². The fourth-order valence-corrected chi connectivity index (χ4v) is 3.29. The summed E-state index contributed by atoms with van der Waals surface area (Å²) >= 11 is 0. The molecule has 1 rings (SSSR count). The predicted octanol–water partition coefficient (Wildman–Crippen LogP) is 1.58. The van der Waals surface area contributed by atoms with E-state index in [1.807, 2.05) is 37.3 Å². The van der Waals surface area contributed by atoms with Gasteiger partial charge < -0.3 is 5.73 Å². The third kappa shape index (κ3) is 4.76. The Balaban J connectivity index is 2.78. The van der Waals surface area contributed by atoms with Gasteiger partial charge in [0, 0.05) is 13.1 Å². The van der Waals surface area contributed by atoms with E-state index < -0.39 is 10.0 Å². The van der Waals surface area contributed by atoms with Crippen molar-refractivity contribution in [3.05, 3.63) is 35.9 Å². The minimum atomic E-state index is -3.17. The van der Waals surface area contributed by atoms with E-state index in [0.717, 1.165) is 5.56 Å². The molecule has 4 nitrogen and oxygen atoms in total. The number of hydrogen-bond donors (Lipinski definition) is 1. The third-order valence-electron chi connectivity index (χ3n) is 2.67. The molecule has 0 spiro atoms. The van der Waals surface area contributed by atoms with Crippen molar-refractivity contribution in [1.82, 2.24) is 4.31 Å². The number of sulfonamides is 1. The Morgan fingerprint density at radius 2 is 1.89 bits per heavy atom. The maximum absolute atomic E-state index is 12.1. The van der Waals surface area contributed by atoms with Crippen LogP contribution < -0.4 is 5.73 Å². The molecule has 5 heteroatoms. The summed E-state index contributed by atoms with van der Waals surface area (Å²) in [6.45, 7) is 3.31. The van der Waals surface area contributed by atoms with Gasteiger partial charge >= 0.3 is 0 Å². The first kappa shape index (κ1) is 15.1. The fraction of sp³-hybridized carbons (Fsp3) is 0.538. The Morgan fingerprint density at radius 1 is 1.22 bits per heavy atom. The molecule has 1 aromatic carbocycles. The van der Waals surface area contributed by atoms with Crippen LogP contribution in [0.25, 0.3) is 0 Å². The molecule has 0 heterocycles. The van der Waals surface area contributed by atoms with Gasteiger partial charge in [0.05, 0.1) is 5.75 Å². The Morgan fingerprint density at radius 3 is 2.44 bits per heavy atom. The topological polar surface area (TPSA) is 63.4 Å². The molecular formula is C13H22N2O2S. The molecule has 0 saturated heterocycles. The van der Waals surface area contributed by atoms with Gasteiger partial charge in [0.15, 0.2) is 0 Å². The Bertz CT molecular complexity index is 432. The summed E-state index contributed by atoms with van der Waals surface area (Å²) in [6, 6.07) is 9.65. The van der Waals surface area contributed by atoms with Crippen molar-refractivity contribution < 1.29 is 8.42 Å². The quantitative estimate of drug-likeness (QED) is 0.780. The second-order valence-electron chi connectivity index (χ2n) is 4.28. The zero-order valence-electron chi connectivity index (χ0n) is 10.9. The molecule has 0 amide bonds. The molecule has 0 fully saturated rings. The highest BCUT2D eigenvalue weighted by molar-refractivity contribution is 7.89. The molecule has 18 heavy (non-hydrogen) atoms. The van der Waals surface area contributed by atoms with Gasteiger partial charge in [-0.2, -0.15) is 4.31 Å². The van der Waals surface area contributed by atoms with Crippen LogP contribution in [-0.2, 0) is 16.6 Å². The summed E-state index contributed by atoms with van der Waals surface area (Å²) in [4.78, 5) is 0. The molecule has 0 radical (unpaired) electrons. The summed E-state index contributed by atoms with van der Waals surface area (Å²) in [6.07, 6.45) is 1.33. The third-order valence-corrected chi connectivity index (χ3v) is 4.69. The normalized spacial score (nSPS) is 11.9. The summed E-state index contributed by atoms with van der Waals surface area (Å²) < 4.78 is 25.8. The van der Waals surface area contributed by atoms with Gasteiger partial charge in [-0.15, -0.1) is 0 Å². The van der Waals surface area contributed by atoms with Crippen LogP contribution in [0.5, 0.6) is 0 Å². The van der Waals surface area contributed by atoms with E-state index in [-0.39, 0.29) is 5.75 Å². The SMILES string of the molecule is CCCS(=O)(=O)N(CCCN)Cc1ccccc1. The number of nitrogens with zero attached hydrogens (tertiary/aromatic N) is 1. The van der Waals surface area contributed by atoms with Crippen molar-refractivity contribution >= 4 is 10.0 Å². The molecule has 0 aliphatic rings. The lowest BCUT2D eigenvalue weighted by Crippen LogP contribution is -2.34. The highest BCUT2D eigenvalue weighted by Gasteiger charge is 2.20. The van der Waals surface area contributed by atoms with E-state index in [9.17, 15) is 8.42 Å². The molecule has 0 saturated carbocycles. The second kappa shape index (κ2) is 7.51. The van der Waals surface area contributed by atoms with Gasteiger partial charge in [-0.25, -0.2) is 8.42 Å². The van der Waals surface area contributed by atoms with Crippen molar-refractivity contribution in [2.24, 2.45) is 5.73 Å². The van der Waals surface area contributed by atoms with Crippen molar-refractivity contribution in [1.29, 1.82) is 0 Å². The Hall–Kier alpha value is -0.910. The first-order valence-electron chi connectivity index (χ1n) is 6.32. The lowest BCUT2D eigenvalue weighted by atomic mass is 10.2. The largest absolute Gasteiger partial charge is 0.330 e.